The number of H-pyrrole nitrogens is 1. The van der Waals surface area contributed by atoms with E-state index in [-0.39, 0.29) is 0 Å². The van der Waals surface area contributed by atoms with Crippen molar-refractivity contribution >= 4 is 17.1 Å². The summed E-state index contributed by atoms with van der Waals surface area (Å²) < 4.78 is 8.54. The summed E-state index contributed by atoms with van der Waals surface area (Å²) in [6.45, 7) is 8.92. The number of allylic oxidation sites excluding steroid dienone is 1. The molecule has 1 fully saturated rings. The van der Waals surface area contributed by atoms with Gasteiger partial charge in [0.15, 0.2) is 11.2 Å². The number of hydrogen-bond acceptors (Lipinski definition) is 5. The van der Waals surface area contributed by atoms with Crippen molar-refractivity contribution < 1.29 is 4.74 Å². The van der Waals surface area contributed by atoms with Crippen LogP contribution in [0.15, 0.2) is 21.7 Å². The lowest BCUT2D eigenvalue weighted by molar-refractivity contribution is 0.121. The summed E-state index contributed by atoms with van der Waals surface area (Å²) >= 11 is 0. The van der Waals surface area contributed by atoms with E-state index in [2.05, 4.69) is 21.4 Å². The van der Waals surface area contributed by atoms with Crippen LogP contribution in [-0.4, -0.2) is 45.4 Å². The Bertz CT molecular complexity index is 839. The van der Waals surface area contributed by atoms with Crippen LogP contribution in [0.2, 0.25) is 0 Å². The lowest BCUT2D eigenvalue weighted by Crippen LogP contribution is -2.38. The average Bonchev–Trinajstić information content (AvgIpc) is 2.85. The van der Waals surface area contributed by atoms with Gasteiger partial charge in [0.25, 0.3) is 5.56 Å². The van der Waals surface area contributed by atoms with Crippen LogP contribution in [0.4, 0.5) is 5.95 Å². The van der Waals surface area contributed by atoms with E-state index in [1.807, 2.05) is 11.5 Å². The van der Waals surface area contributed by atoms with Gasteiger partial charge in [0.2, 0.25) is 5.95 Å². The molecule has 2 aromatic heterocycles. The molecule has 8 heteroatoms. The molecule has 0 spiro atoms. The SMILES string of the molecule is C=C(C)Cn1c(N2CCOCC2)nc2c1c(=O)[nH]c(=O)n2C. The zero-order valence-electron chi connectivity index (χ0n) is 12.8. The zero-order valence-corrected chi connectivity index (χ0v) is 12.8. The Balaban J connectivity index is 2.28. The Morgan fingerprint density at radius 2 is 2.05 bits per heavy atom. The van der Waals surface area contributed by atoms with E-state index >= 15 is 0 Å². The van der Waals surface area contributed by atoms with Crippen molar-refractivity contribution in [3.63, 3.8) is 0 Å². The van der Waals surface area contributed by atoms with Crippen molar-refractivity contribution in [2.24, 2.45) is 7.05 Å². The first-order valence-electron chi connectivity index (χ1n) is 7.15. The number of fused-ring (bicyclic) bond motifs is 1. The highest BCUT2D eigenvalue weighted by atomic mass is 16.5. The summed E-state index contributed by atoms with van der Waals surface area (Å²) in [6, 6.07) is 0. The Labute approximate surface area is 126 Å². The van der Waals surface area contributed by atoms with Crippen LogP contribution in [-0.2, 0) is 18.3 Å². The highest BCUT2D eigenvalue weighted by Gasteiger charge is 2.22. The largest absolute Gasteiger partial charge is 0.378 e. The molecule has 0 unspecified atom stereocenters. The molecule has 1 saturated heterocycles. The Morgan fingerprint density at radius 3 is 2.68 bits per heavy atom. The molecule has 118 valence electrons. The second-order valence-corrected chi connectivity index (χ2v) is 5.54. The molecule has 0 aromatic carbocycles. The molecule has 0 saturated carbocycles. The number of nitrogens with zero attached hydrogens (tertiary/aromatic N) is 4. The number of anilines is 1. The minimum Gasteiger partial charge on any atom is -0.378 e. The number of aryl methyl sites for hydroxylation is 1. The molecule has 0 aliphatic carbocycles. The number of imidazole rings is 1. The van der Waals surface area contributed by atoms with Gasteiger partial charge in [-0.2, -0.15) is 4.98 Å². The highest BCUT2D eigenvalue weighted by Crippen LogP contribution is 2.21. The van der Waals surface area contributed by atoms with Gasteiger partial charge in [-0.05, 0) is 6.92 Å². The summed E-state index contributed by atoms with van der Waals surface area (Å²) in [4.78, 5) is 33.0. The van der Waals surface area contributed by atoms with Crippen molar-refractivity contribution in [2.45, 2.75) is 13.5 Å². The van der Waals surface area contributed by atoms with Crippen LogP contribution in [0, 0.1) is 0 Å². The second-order valence-electron chi connectivity index (χ2n) is 5.54. The number of aromatic amines is 1. The molecule has 0 atom stereocenters. The second kappa shape index (κ2) is 5.45. The molecule has 3 heterocycles. The van der Waals surface area contributed by atoms with Gasteiger partial charge in [-0.1, -0.05) is 12.2 Å². The van der Waals surface area contributed by atoms with Crippen molar-refractivity contribution in [3.8, 4) is 0 Å². The van der Waals surface area contributed by atoms with Gasteiger partial charge in [0.1, 0.15) is 0 Å². The summed E-state index contributed by atoms with van der Waals surface area (Å²) in [5, 5.41) is 0. The van der Waals surface area contributed by atoms with Gasteiger partial charge in [-0.3, -0.25) is 14.3 Å². The normalized spacial score (nSPS) is 15.5. The van der Waals surface area contributed by atoms with E-state index in [9.17, 15) is 9.59 Å². The smallest absolute Gasteiger partial charge is 0.329 e. The Hall–Kier alpha value is -2.35. The zero-order chi connectivity index (χ0) is 15.9. The molecular weight excluding hydrogens is 286 g/mol. The molecule has 0 bridgehead atoms. The molecule has 1 N–H and O–H groups in total. The summed E-state index contributed by atoms with van der Waals surface area (Å²) in [6.07, 6.45) is 0. The third-order valence-electron chi connectivity index (χ3n) is 3.71. The molecule has 1 aliphatic heterocycles. The minimum absolute atomic E-state index is 0.386. The number of aromatic nitrogens is 4. The minimum atomic E-state index is -0.467. The molecule has 0 amide bonds. The molecule has 22 heavy (non-hydrogen) atoms. The molecular formula is C14H19N5O3. The Kier molecular flexibility index (Phi) is 3.61. The van der Waals surface area contributed by atoms with Gasteiger partial charge in [-0.25, -0.2) is 4.79 Å². The van der Waals surface area contributed by atoms with Crippen LogP contribution >= 0.6 is 0 Å². The molecule has 2 aromatic rings. The fourth-order valence-electron chi connectivity index (χ4n) is 2.65. The van der Waals surface area contributed by atoms with E-state index in [1.54, 1.807) is 7.05 Å². The third kappa shape index (κ3) is 2.35. The lowest BCUT2D eigenvalue weighted by Gasteiger charge is -2.28. The summed E-state index contributed by atoms with van der Waals surface area (Å²) in [5.74, 6) is 0.674. The van der Waals surface area contributed by atoms with E-state index in [1.165, 1.54) is 4.57 Å². The van der Waals surface area contributed by atoms with Gasteiger partial charge < -0.3 is 14.2 Å². The van der Waals surface area contributed by atoms with Crippen LogP contribution in [0.5, 0.6) is 0 Å². The van der Waals surface area contributed by atoms with Crippen molar-refractivity contribution in [3.05, 3.63) is 33.0 Å². The first kappa shape index (κ1) is 14.6. The maximum Gasteiger partial charge on any atom is 0.329 e. The van der Waals surface area contributed by atoms with Crippen molar-refractivity contribution in [2.75, 3.05) is 31.2 Å². The lowest BCUT2D eigenvalue weighted by atomic mass is 10.3. The van der Waals surface area contributed by atoms with Crippen LogP contribution in [0.3, 0.4) is 0 Å². The van der Waals surface area contributed by atoms with E-state index in [4.69, 9.17) is 4.74 Å². The van der Waals surface area contributed by atoms with E-state index < -0.39 is 11.2 Å². The van der Waals surface area contributed by atoms with Crippen LogP contribution in [0.1, 0.15) is 6.92 Å². The maximum atomic E-state index is 12.2. The van der Waals surface area contributed by atoms with Gasteiger partial charge in [0, 0.05) is 26.7 Å². The monoisotopic (exact) mass is 305 g/mol. The quantitative estimate of drug-likeness (QED) is 0.796. The fraction of sp³-hybridized carbons (Fsp3) is 0.500. The summed E-state index contributed by atoms with van der Waals surface area (Å²) in [5.41, 5.74) is 0.794. The number of rotatable bonds is 3. The number of nitrogens with one attached hydrogen (secondary N) is 1. The average molecular weight is 305 g/mol. The van der Waals surface area contributed by atoms with Gasteiger partial charge in [-0.15, -0.1) is 0 Å². The molecule has 1 aliphatic rings. The predicted octanol–water partition coefficient (Wildman–Crippen LogP) is -0.164. The van der Waals surface area contributed by atoms with E-state index in [0.29, 0.717) is 50.0 Å². The number of ether oxygens (including phenoxy) is 1. The molecule has 0 radical (unpaired) electrons. The first-order chi connectivity index (χ1) is 10.5. The number of hydrogen-bond donors (Lipinski definition) is 1. The van der Waals surface area contributed by atoms with E-state index in [0.717, 1.165) is 5.57 Å². The van der Waals surface area contributed by atoms with Crippen LogP contribution in [0.25, 0.3) is 11.2 Å². The Morgan fingerprint density at radius 1 is 1.36 bits per heavy atom. The topological polar surface area (TPSA) is 85.2 Å². The maximum absolute atomic E-state index is 12.2. The number of morpholine rings is 1. The molecule has 3 rings (SSSR count). The summed E-state index contributed by atoms with van der Waals surface area (Å²) in [7, 11) is 1.60. The first-order valence-corrected chi connectivity index (χ1v) is 7.15. The van der Waals surface area contributed by atoms with Gasteiger partial charge in [0.05, 0.1) is 13.2 Å². The molecule has 8 nitrogen and oxygen atoms in total. The van der Waals surface area contributed by atoms with Crippen LogP contribution < -0.4 is 16.1 Å². The standard InChI is InChI=1S/C14H19N5O3/c1-9(2)8-19-10-11(17(3)14(21)16-12(10)20)15-13(19)18-4-6-22-7-5-18/h1,4-8H2,2-3H3,(H,16,20,21). The third-order valence-corrected chi connectivity index (χ3v) is 3.71. The van der Waals surface area contributed by atoms with Crippen molar-refractivity contribution in [1.82, 2.24) is 19.1 Å². The van der Waals surface area contributed by atoms with Gasteiger partial charge >= 0.3 is 5.69 Å². The fourth-order valence-corrected chi connectivity index (χ4v) is 2.65. The van der Waals surface area contributed by atoms with Crippen molar-refractivity contribution in [1.29, 1.82) is 0 Å². The highest BCUT2D eigenvalue weighted by molar-refractivity contribution is 5.74. The predicted molar refractivity (Wildman–Crippen MR) is 83.4 cm³/mol.